The average Bonchev–Trinajstić information content (AvgIpc) is 1.67. The molecule has 0 spiro atoms. The Morgan fingerprint density at radius 2 is 2.00 bits per heavy atom. The molecule has 0 radical (unpaired) electrons. The van der Waals surface area contributed by atoms with Crippen LogP contribution in [-0.4, -0.2) is 37.3 Å². The summed E-state index contributed by atoms with van der Waals surface area (Å²) in [5.74, 6) is 0. The molecule has 0 aliphatic rings. The van der Waals surface area contributed by atoms with E-state index in [1.165, 1.54) is 0 Å². The van der Waals surface area contributed by atoms with E-state index in [0.717, 1.165) is 0 Å². The molecule has 2 nitrogen and oxygen atoms in total. The summed E-state index contributed by atoms with van der Waals surface area (Å²) >= 11 is 0. The van der Waals surface area contributed by atoms with Crippen molar-refractivity contribution in [2.24, 2.45) is 0 Å². The highest BCUT2D eigenvalue weighted by Crippen LogP contribution is 1.84. The van der Waals surface area contributed by atoms with Crippen LogP contribution in [0.3, 0.4) is 0 Å². The van der Waals surface area contributed by atoms with Gasteiger partial charge in [0.2, 0.25) is 9.92 Å². The number of hydrogen-bond donors (Lipinski definition) is 0. The second-order valence-electron chi connectivity index (χ2n) is 2.27. The highest BCUT2D eigenvalue weighted by molar-refractivity contribution is 6.60. The lowest BCUT2D eigenvalue weighted by Crippen LogP contribution is -2.34. The normalized spacial score (nSPS) is 12.8. The minimum absolute atomic E-state index is 0.306. The minimum atomic E-state index is -0.512. The summed E-state index contributed by atoms with van der Waals surface area (Å²) in [6.07, 6.45) is 0. The molecule has 8 heavy (non-hydrogen) atoms. The van der Waals surface area contributed by atoms with Gasteiger partial charge in [0.05, 0.1) is 8.96 Å². The molecule has 0 saturated carbocycles. The molecule has 0 aliphatic heterocycles. The van der Waals surface area contributed by atoms with E-state index in [0.29, 0.717) is 0 Å². The van der Waals surface area contributed by atoms with Gasteiger partial charge < -0.3 is 8.66 Å². The topological polar surface area (TPSA) is 12.5 Å². The van der Waals surface area contributed by atoms with E-state index in [1.54, 1.807) is 7.11 Å². The molecule has 0 fully saturated rings. The summed E-state index contributed by atoms with van der Waals surface area (Å²) in [6, 6.07) is 0. The zero-order valence-corrected chi connectivity index (χ0v) is 8.71. The maximum atomic E-state index is 5.06. The smallest absolute Gasteiger partial charge is 0.231 e. The lowest BCUT2D eigenvalue weighted by molar-refractivity contribution is 0.412. The molecule has 0 rings (SSSR count). The fraction of sp³-hybridized carbons (Fsp3) is 1.00. The fourth-order valence-electron chi connectivity index (χ4n) is 0.353. The summed E-state index contributed by atoms with van der Waals surface area (Å²) < 4.78 is 7.47. The molecule has 0 unspecified atom stereocenters. The van der Waals surface area contributed by atoms with Crippen LogP contribution in [0.25, 0.3) is 0 Å². The first-order valence-corrected chi connectivity index (χ1v) is 6.91. The van der Waals surface area contributed by atoms with Gasteiger partial charge in [0.15, 0.2) is 0 Å². The van der Waals surface area contributed by atoms with Crippen LogP contribution >= 0.6 is 0 Å². The quantitative estimate of drug-likeness (QED) is 0.504. The Hall–Kier alpha value is 0.354. The Bertz CT molecular complexity index is 60.0. The van der Waals surface area contributed by atoms with Gasteiger partial charge in [-0.25, -0.2) is 0 Å². The van der Waals surface area contributed by atoms with E-state index < -0.39 is 8.96 Å². The van der Waals surface area contributed by atoms with E-state index in [4.69, 9.17) is 4.43 Å². The van der Waals surface area contributed by atoms with Crippen molar-refractivity contribution >= 4 is 18.9 Å². The van der Waals surface area contributed by atoms with Crippen LogP contribution in [0.5, 0.6) is 0 Å². The maximum Gasteiger partial charge on any atom is 0.231 e. The predicted octanol–water partition coefficient (Wildman–Crippen LogP) is -0.453. The van der Waals surface area contributed by atoms with Crippen molar-refractivity contribution in [2.75, 3.05) is 14.2 Å². The third-order valence-corrected chi connectivity index (χ3v) is 6.28. The number of rotatable bonds is 3. The van der Waals surface area contributed by atoms with Gasteiger partial charge in [0.25, 0.3) is 0 Å². The first-order chi connectivity index (χ1) is 3.68. The van der Waals surface area contributed by atoms with Crippen molar-refractivity contribution < 1.29 is 4.43 Å². The number of nitrogens with zero attached hydrogens (tertiary/aromatic N) is 1. The molecule has 0 N–H and O–H groups in total. The highest BCUT2D eigenvalue weighted by Gasteiger charge is 2.01. The summed E-state index contributed by atoms with van der Waals surface area (Å²) in [7, 11) is 3.13. The van der Waals surface area contributed by atoms with Crippen molar-refractivity contribution in [2.45, 2.75) is 13.1 Å². The van der Waals surface area contributed by atoms with Crippen LogP contribution in [0.15, 0.2) is 0 Å². The van der Waals surface area contributed by atoms with Gasteiger partial charge in [-0.2, -0.15) is 0 Å². The third-order valence-electron chi connectivity index (χ3n) is 1.21. The van der Waals surface area contributed by atoms with Crippen LogP contribution in [-0.2, 0) is 4.43 Å². The zero-order valence-electron chi connectivity index (χ0n) is 6.14. The van der Waals surface area contributed by atoms with E-state index in [1.807, 2.05) is 0 Å². The SMILES string of the molecule is CO[SiH2]N(C)[SiH](C)C. The van der Waals surface area contributed by atoms with Crippen LogP contribution in [0.1, 0.15) is 0 Å². The second kappa shape index (κ2) is 4.25. The molecule has 0 aromatic rings. The van der Waals surface area contributed by atoms with Gasteiger partial charge in [-0.15, -0.1) is 0 Å². The summed E-state index contributed by atoms with van der Waals surface area (Å²) in [5.41, 5.74) is 0. The third kappa shape index (κ3) is 3.37. The van der Waals surface area contributed by atoms with Crippen LogP contribution in [0, 0.1) is 0 Å². The van der Waals surface area contributed by atoms with Crippen LogP contribution < -0.4 is 0 Å². The van der Waals surface area contributed by atoms with Crippen molar-refractivity contribution in [3.63, 3.8) is 0 Å². The summed E-state index contributed by atoms with van der Waals surface area (Å²) in [5, 5.41) is 0. The Kier molecular flexibility index (Phi) is 4.44. The fourth-order valence-corrected chi connectivity index (χ4v) is 2.40. The monoisotopic (exact) mass is 149 g/mol. The molecule has 0 atom stereocenters. The molecule has 0 bridgehead atoms. The predicted molar refractivity (Wildman–Crippen MR) is 42.2 cm³/mol. The first kappa shape index (κ1) is 8.35. The number of hydrogen-bond acceptors (Lipinski definition) is 2. The van der Waals surface area contributed by atoms with Crippen LogP contribution in [0.2, 0.25) is 13.1 Å². The maximum absolute atomic E-state index is 5.06. The van der Waals surface area contributed by atoms with E-state index in [2.05, 4.69) is 24.4 Å². The van der Waals surface area contributed by atoms with Gasteiger partial charge in [0.1, 0.15) is 0 Å². The molecular formula is C4H15NOSi2. The molecular weight excluding hydrogens is 134 g/mol. The Labute approximate surface area is 55.5 Å². The molecule has 4 heteroatoms. The highest BCUT2D eigenvalue weighted by atomic mass is 28.3. The largest absolute Gasteiger partial charge is 0.412 e. The Morgan fingerprint density at radius 1 is 1.50 bits per heavy atom. The van der Waals surface area contributed by atoms with Crippen molar-refractivity contribution in [3.8, 4) is 0 Å². The lowest BCUT2D eigenvalue weighted by atomic mass is 11.6. The molecule has 0 saturated heterocycles. The Balaban J connectivity index is 3.17. The van der Waals surface area contributed by atoms with Gasteiger partial charge in [-0.3, -0.25) is 0 Å². The minimum Gasteiger partial charge on any atom is -0.412 e. The lowest BCUT2D eigenvalue weighted by Gasteiger charge is -2.17. The summed E-state index contributed by atoms with van der Waals surface area (Å²) in [4.78, 5) is 0. The first-order valence-electron chi connectivity index (χ1n) is 2.87. The van der Waals surface area contributed by atoms with E-state index in [-0.39, 0.29) is 9.92 Å². The van der Waals surface area contributed by atoms with Crippen LogP contribution in [0.4, 0.5) is 0 Å². The molecule has 50 valence electrons. The van der Waals surface area contributed by atoms with Crippen molar-refractivity contribution in [3.05, 3.63) is 0 Å². The molecule has 0 aromatic heterocycles. The summed E-state index contributed by atoms with van der Waals surface area (Å²) in [6.45, 7) is 4.62. The molecule has 0 aromatic carbocycles. The zero-order chi connectivity index (χ0) is 6.57. The van der Waals surface area contributed by atoms with E-state index in [9.17, 15) is 0 Å². The van der Waals surface area contributed by atoms with Gasteiger partial charge in [0, 0.05) is 7.11 Å². The van der Waals surface area contributed by atoms with E-state index >= 15 is 0 Å². The molecule has 0 aliphatic carbocycles. The molecule has 0 heterocycles. The van der Waals surface area contributed by atoms with Gasteiger partial charge in [-0.1, -0.05) is 13.1 Å². The molecule has 0 amide bonds. The standard InChI is InChI=1S/C4H15NOSi2/c1-5(7-6-2)8(3)4/h8H,7H2,1-4H3. The van der Waals surface area contributed by atoms with Gasteiger partial charge >= 0.3 is 0 Å². The van der Waals surface area contributed by atoms with Gasteiger partial charge in [-0.05, 0) is 7.05 Å². The van der Waals surface area contributed by atoms with Crippen molar-refractivity contribution in [1.82, 2.24) is 4.23 Å². The van der Waals surface area contributed by atoms with Crippen molar-refractivity contribution in [1.29, 1.82) is 0 Å². The Morgan fingerprint density at radius 3 is 2.12 bits per heavy atom. The average molecular weight is 149 g/mol. The second-order valence-corrected chi connectivity index (χ2v) is 7.90.